The summed E-state index contributed by atoms with van der Waals surface area (Å²) >= 11 is 0. The molecule has 5 nitrogen and oxygen atoms in total. The van der Waals surface area contributed by atoms with E-state index in [2.05, 4.69) is 0 Å². The molecule has 0 N–H and O–H groups in total. The number of rotatable bonds is 6. The van der Waals surface area contributed by atoms with Gasteiger partial charge < -0.3 is 14.4 Å². The molecule has 0 unspecified atom stereocenters. The topological polar surface area (TPSA) is 42.0 Å². The quantitative estimate of drug-likeness (QED) is 0.749. The molecule has 116 valence electrons. The molecule has 0 radical (unpaired) electrons. The molecule has 0 saturated carbocycles. The summed E-state index contributed by atoms with van der Waals surface area (Å²) < 4.78 is 10.4. The number of para-hydroxylation sites is 1. The lowest BCUT2D eigenvalue weighted by Gasteiger charge is -2.37. The molecule has 1 aromatic rings. The van der Waals surface area contributed by atoms with Gasteiger partial charge in [-0.15, -0.1) is 0 Å². The van der Waals surface area contributed by atoms with E-state index in [-0.39, 0.29) is 18.2 Å². The fourth-order valence-corrected chi connectivity index (χ4v) is 2.74. The van der Waals surface area contributed by atoms with Crippen LogP contribution in [0.3, 0.4) is 0 Å². The molecule has 0 aromatic heterocycles. The van der Waals surface area contributed by atoms with Crippen LogP contribution in [0.1, 0.15) is 12.8 Å². The van der Waals surface area contributed by atoms with Crippen molar-refractivity contribution in [2.45, 2.75) is 25.2 Å². The van der Waals surface area contributed by atoms with Gasteiger partial charge in [-0.1, -0.05) is 18.2 Å². The minimum atomic E-state index is -0.310. The van der Waals surface area contributed by atoms with Gasteiger partial charge in [-0.2, -0.15) is 0 Å². The summed E-state index contributed by atoms with van der Waals surface area (Å²) in [6.45, 7) is 1.36. The van der Waals surface area contributed by atoms with Crippen LogP contribution in [-0.4, -0.2) is 57.5 Å². The molecule has 1 saturated heterocycles. The van der Waals surface area contributed by atoms with Crippen LogP contribution in [0.4, 0.5) is 5.69 Å². The maximum Gasteiger partial charge on any atom is 0.244 e. The van der Waals surface area contributed by atoms with Crippen molar-refractivity contribution in [3.05, 3.63) is 30.3 Å². The van der Waals surface area contributed by atoms with Crippen LogP contribution < -0.4 is 4.90 Å². The van der Waals surface area contributed by atoms with E-state index >= 15 is 0 Å². The molecule has 1 amide bonds. The van der Waals surface area contributed by atoms with Crippen molar-refractivity contribution in [1.82, 2.24) is 4.90 Å². The van der Waals surface area contributed by atoms with E-state index in [9.17, 15) is 4.79 Å². The summed E-state index contributed by atoms with van der Waals surface area (Å²) in [6, 6.07) is 9.72. The standard InChI is InChI=1S/C16H24N2O3/c1-17(12-15(20-2)21-3)14-10-7-11-18(16(14)19)13-8-5-4-6-9-13/h4-6,8-9,14-15H,7,10-12H2,1-3H3/t14-/m1/s1. The van der Waals surface area contributed by atoms with Crippen LogP contribution in [0.15, 0.2) is 30.3 Å². The predicted octanol–water partition coefficient (Wildman–Crippen LogP) is 1.73. The minimum absolute atomic E-state index is 0.119. The maximum absolute atomic E-state index is 12.7. The number of ether oxygens (including phenoxy) is 2. The Hall–Kier alpha value is -1.43. The number of nitrogens with zero attached hydrogens (tertiary/aromatic N) is 2. The normalized spacial score (nSPS) is 19.6. The molecule has 1 aliphatic rings. The monoisotopic (exact) mass is 292 g/mol. The van der Waals surface area contributed by atoms with Crippen LogP contribution in [0, 0.1) is 0 Å². The van der Waals surface area contributed by atoms with E-state index in [1.165, 1.54) is 0 Å². The first-order valence-corrected chi connectivity index (χ1v) is 7.29. The Morgan fingerprint density at radius 2 is 1.95 bits per heavy atom. The fourth-order valence-electron chi connectivity index (χ4n) is 2.74. The molecule has 1 heterocycles. The van der Waals surface area contributed by atoms with Gasteiger partial charge in [-0.3, -0.25) is 9.69 Å². The van der Waals surface area contributed by atoms with Gasteiger partial charge in [0.25, 0.3) is 0 Å². The van der Waals surface area contributed by atoms with Crippen molar-refractivity contribution in [3.8, 4) is 0 Å². The smallest absolute Gasteiger partial charge is 0.244 e. The molecular weight excluding hydrogens is 268 g/mol. The Morgan fingerprint density at radius 3 is 2.57 bits per heavy atom. The first-order chi connectivity index (χ1) is 10.2. The first kappa shape index (κ1) is 15.9. The van der Waals surface area contributed by atoms with Crippen LogP contribution in [-0.2, 0) is 14.3 Å². The van der Waals surface area contributed by atoms with Crippen molar-refractivity contribution in [2.24, 2.45) is 0 Å². The molecule has 0 spiro atoms. The zero-order valence-electron chi connectivity index (χ0n) is 13.0. The van der Waals surface area contributed by atoms with Gasteiger partial charge in [0.15, 0.2) is 6.29 Å². The fraction of sp³-hybridized carbons (Fsp3) is 0.562. The second-order valence-corrected chi connectivity index (χ2v) is 5.32. The third-order valence-electron chi connectivity index (χ3n) is 3.97. The average molecular weight is 292 g/mol. The lowest BCUT2D eigenvalue weighted by atomic mass is 10.0. The highest BCUT2D eigenvalue weighted by molar-refractivity contribution is 5.97. The third kappa shape index (κ3) is 3.81. The summed E-state index contributed by atoms with van der Waals surface area (Å²) in [4.78, 5) is 16.6. The number of hydrogen-bond acceptors (Lipinski definition) is 4. The van der Waals surface area contributed by atoms with Gasteiger partial charge in [-0.25, -0.2) is 0 Å². The highest BCUT2D eigenvalue weighted by Gasteiger charge is 2.33. The number of amides is 1. The molecule has 1 atom stereocenters. The van der Waals surface area contributed by atoms with E-state index in [0.29, 0.717) is 6.54 Å². The molecule has 5 heteroatoms. The number of benzene rings is 1. The predicted molar refractivity (Wildman–Crippen MR) is 82.3 cm³/mol. The average Bonchev–Trinajstić information content (AvgIpc) is 2.53. The number of anilines is 1. The van der Waals surface area contributed by atoms with Crippen LogP contribution >= 0.6 is 0 Å². The Morgan fingerprint density at radius 1 is 1.29 bits per heavy atom. The number of hydrogen-bond donors (Lipinski definition) is 0. The highest BCUT2D eigenvalue weighted by Crippen LogP contribution is 2.23. The van der Waals surface area contributed by atoms with E-state index in [1.807, 2.05) is 47.2 Å². The molecule has 2 rings (SSSR count). The number of piperidine rings is 1. The van der Waals surface area contributed by atoms with Crippen molar-refractivity contribution in [2.75, 3.05) is 39.3 Å². The molecule has 1 aliphatic heterocycles. The Kier molecular flexibility index (Phi) is 5.73. The largest absolute Gasteiger partial charge is 0.355 e. The van der Waals surface area contributed by atoms with Gasteiger partial charge in [0.2, 0.25) is 5.91 Å². The van der Waals surface area contributed by atoms with Gasteiger partial charge in [0.05, 0.1) is 6.04 Å². The van der Waals surface area contributed by atoms with Crippen molar-refractivity contribution in [1.29, 1.82) is 0 Å². The van der Waals surface area contributed by atoms with E-state index in [4.69, 9.17) is 9.47 Å². The summed E-state index contributed by atoms with van der Waals surface area (Å²) in [5.41, 5.74) is 0.968. The van der Waals surface area contributed by atoms with Crippen LogP contribution in [0.25, 0.3) is 0 Å². The molecule has 21 heavy (non-hydrogen) atoms. The Bertz CT molecular complexity index is 448. The van der Waals surface area contributed by atoms with Crippen molar-refractivity contribution in [3.63, 3.8) is 0 Å². The molecular formula is C16H24N2O3. The zero-order valence-corrected chi connectivity index (χ0v) is 13.0. The molecule has 1 fully saturated rings. The summed E-state index contributed by atoms with van der Waals surface area (Å²) in [5, 5.41) is 0. The van der Waals surface area contributed by atoms with E-state index < -0.39 is 0 Å². The summed E-state index contributed by atoms with van der Waals surface area (Å²) in [6.07, 6.45) is 1.56. The number of carbonyl (C=O) groups is 1. The van der Waals surface area contributed by atoms with Gasteiger partial charge in [-0.05, 0) is 32.0 Å². The second kappa shape index (κ2) is 7.54. The molecule has 0 aliphatic carbocycles. The van der Waals surface area contributed by atoms with E-state index in [1.54, 1.807) is 14.2 Å². The number of methoxy groups -OCH3 is 2. The number of likely N-dealkylation sites (N-methyl/N-ethyl adjacent to an activating group) is 1. The second-order valence-electron chi connectivity index (χ2n) is 5.32. The lowest BCUT2D eigenvalue weighted by Crippen LogP contribution is -2.53. The SMILES string of the molecule is COC(CN(C)[C@@H]1CCCN(c2ccccc2)C1=O)OC. The summed E-state index contributed by atoms with van der Waals surface area (Å²) in [5.74, 6) is 0.154. The Labute approximate surface area is 126 Å². The number of carbonyl (C=O) groups excluding carboxylic acids is 1. The van der Waals surface area contributed by atoms with Crippen molar-refractivity contribution < 1.29 is 14.3 Å². The van der Waals surface area contributed by atoms with Crippen LogP contribution in [0.5, 0.6) is 0 Å². The van der Waals surface area contributed by atoms with Gasteiger partial charge in [0.1, 0.15) is 0 Å². The minimum Gasteiger partial charge on any atom is -0.355 e. The lowest BCUT2D eigenvalue weighted by molar-refractivity contribution is -0.133. The van der Waals surface area contributed by atoms with E-state index in [0.717, 1.165) is 25.1 Å². The van der Waals surface area contributed by atoms with Crippen molar-refractivity contribution >= 4 is 11.6 Å². The molecule has 1 aromatic carbocycles. The van der Waals surface area contributed by atoms with Crippen LogP contribution in [0.2, 0.25) is 0 Å². The maximum atomic E-state index is 12.7. The van der Waals surface area contributed by atoms with Gasteiger partial charge >= 0.3 is 0 Å². The molecule has 0 bridgehead atoms. The third-order valence-corrected chi connectivity index (χ3v) is 3.97. The van der Waals surface area contributed by atoms with Gasteiger partial charge in [0, 0.05) is 33.0 Å². The Balaban J connectivity index is 2.06. The zero-order chi connectivity index (χ0) is 15.2. The highest BCUT2D eigenvalue weighted by atomic mass is 16.7. The first-order valence-electron chi connectivity index (χ1n) is 7.29. The summed E-state index contributed by atoms with van der Waals surface area (Å²) in [7, 11) is 5.17.